The number of furan rings is 1. The van der Waals surface area contributed by atoms with E-state index in [4.69, 9.17) is 15.3 Å². The molecule has 2 atom stereocenters. The number of rotatable bonds is 7. The number of thioether (sulfide) groups is 1. The minimum absolute atomic E-state index is 0.111. The first kappa shape index (κ1) is 12.6. The van der Waals surface area contributed by atoms with Gasteiger partial charge in [0.15, 0.2) is 0 Å². The molecule has 0 aliphatic rings. The Morgan fingerprint density at radius 1 is 1.60 bits per heavy atom. The smallest absolute Gasteiger partial charge is 0.118 e. The zero-order valence-electron chi connectivity index (χ0n) is 9.06. The Balaban J connectivity index is 2.54. The molecule has 0 saturated heterocycles. The maximum Gasteiger partial charge on any atom is 0.118 e. The summed E-state index contributed by atoms with van der Waals surface area (Å²) in [5, 5.41) is 8.94. The average molecular weight is 229 g/mol. The van der Waals surface area contributed by atoms with Crippen molar-refractivity contribution >= 4 is 11.8 Å². The van der Waals surface area contributed by atoms with Crippen molar-refractivity contribution in [2.24, 2.45) is 5.73 Å². The lowest BCUT2D eigenvalue weighted by molar-refractivity contribution is 0.296. The molecule has 0 aromatic carbocycles. The molecule has 0 bridgehead atoms. The Morgan fingerprint density at radius 3 is 2.93 bits per heavy atom. The number of aliphatic hydroxyl groups is 1. The van der Waals surface area contributed by atoms with Crippen molar-refractivity contribution in [3.63, 3.8) is 0 Å². The van der Waals surface area contributed by atoms with Gasteiger partial charge in [-0.15, -0.1) is 11.8 Å². The first-order chi connectivity index (χ1) is 7.29. The highest BCUT2D eigenvalue weighted by atomic mass is 32.2. The first-order valence-electron chi connectivity index (χ1n) is 5.31. The summed E-state index contributed by atoms with van der Waals surface area (Å²) in [5.41, 5.74) is 6.05. The van der Waals surface area contributed by atoms with E-state index in [0.717, 1.165) is 24.4 Å². The van der Waals surface area contributed by atoms with E-state index in [9.17, 15) is 0 Å². The molecule has 3 nitrogen and oxygen atoms in total. The van der Waals surface area contributed by atoms with Crippen LogP contribution in [0.3, 0.4) is 0 Å². The molecule has 0 fully saturated rings. The van der Waals surface area contributed by atoms with Gasteiger partial charge in [0.1, 0.15) is 5.76 Å². The van der Waals surface area contributed by atoms with Crippen molar-refractivity contribution in [2.45, 2.75) is 31.1 Å². The highest BCUT2D eigenvalue weighted by Gasteiger charge is 2.20. The maximum atomic E-state index is 8.74. The molecule has 86 valence electrons. The van der Waals surface area contributed by atoms with Gasteiger partial charge in [0.25, 0.3) is 0 Å². The Hall–Kier alpha value is -0.450. The van der Waals surface area contributed by atoms with Crippen molar-refractivity contribution in [1.29, 1.82) is 0 Å². The molecular weight excluding hydrogens is 210 g/mol. The third-order valence-electron chi connectivity index (χ3n) is 2.28. The largest absolute Gasteiger partial charge is 0.468 e. The van der Waals surface area contributed by atoms with Crippen molar-refractivity contribution in [3.8, 4) is 0 Å². The van der Waals surface area contributed by atoms with Crippen molar-refractivity contribution in [3.05, 3.63) is 24.2 Å². The Labute approximate surface area is 95.0 Å². The van der Waals surface area contributed by atoms with Crippen LogP contribution < -0.4 is 5.73 Å². The fourth-order valence-electron chi connectivity index (χ4n) is 1.36. The molecule has 1 aromatic rings. The monoisotopic (exact) mass is 229 g/mol. The summed E-state index contributed by atoms with van der Waals surface area (Å²) in [7, 11) is 0. The predicted molar refractivity (Wildman–Crippen MR) is 63.9 cm³/mol. The van der Waals surface area contributed by atoms with Crippen LogP contribution in [-0.2, 0) is 0 Å². The summed E-state index contributed by atoms with van der Waals surface area (Å²) >= 11 is 1.76. The lowest BCUT2D eigenvalue weighted by Gasteiger charge is -2.20. The van der Waals surface area contributed by atoms with Gasteiger partial charge in [-0.25, -0.2) is 0 Å². The van der Waals surface area contributed by atoms with Crippen LogP contribution in [0.2, 0.25) is 0 Å². The van der Waals surface area contributed by atoms with E-state index in [1.54, 1.807) is 18.0 Å². The molecular formula is C11H19NO2S. The molecule has 0 aliphatic heterocycles. The summed E-state index contributed by atoms with van der Waals surface area (Å²) in [6.45, 7) is 2.31. The Bertz CT molecular complexity index is 251. The van der Waals surface area contributed by atoms with E-state index < -0.39 is 0 Å². The van der Waals surface area contributed by atoms with Crippen LogP contribution in [0, 0.1) is 0 Å². The highest BCUT2D eigenvalue weighted by Crippen LogP contribution is 2.33. The summed E-state index contributed by atoms with van der Waals surface area (Å²) in [5.74, 6) is 1.85. The van der Waals surface area contributed by atoms with Gasteiger partial charge >= 0.3 is 0 Å². The standard InChI is InChI=1S/C11H19NO2S/c1-2-9(12)11(15-8-4-6-13)10-5-3-7-14-10/h3,5,7,9,11,13H,2,4,6,8,12H2,1H3. The van der Waals surface area contributed by atoms with Gasteiger partial charge in [0, 0.05) is 12.6 Å². The fraction of sp³-hybridized carbons (Fsp3) is 0.636. The second-order valence-corrected chi connectivity index (χ2v) is 4.71. The van der Waals surface area contributed by atoms with E-state index in [2.05, 4.69) is 6.92 Å². The normalized spacial score (nSPS) is 15.1. The van der Waals surface area contributed by atoms with E-state index in [1.807, 2.05) is 12.1 Å². The third kappa shape index (κ3) is 3.89. The number of hydrogen-bond donors (Lipinski definition) is 2. The zero-order valence-corrected chi connectivity index (χ0v) is 9.87. The summed E-state index contributed by atoms with van der Waals surface area (Å²) < 4.78 is 5.39. The lowest BCUT2D eigenvalue weighted by atomic mass is 10.1. The number of hydrogen-bond acceptors (Lipinski definition) is 4. The molecule has 3 N–H and O–H groups in total. The molecule has 0 amide bonds. The van der Waals surface area contributed by atoms with E-state index >= 15 is 0 Å². The van der Waals surface area contributed by atoms with Gasteiger partial charge in [-0.05, 0) is 30.7 Å². The second-order valence-electron chi connectivity index (χ2n) is 3.46. The topological polar surface area (TPSA) is 59.4 Å². The lowest BCUT2D eigenvalue weighted by Crippen LogP contribution is -2.25. The summed E-state index contributed by atoms with van der Waals surface area (Å²) in [4.78, 5) is 0. The van der Waals surface area contributed by atoms with Crippen molar-refractivity contribution in [1.82, 2.24) is 0 Å². The van der Waals surface area contributed by atoms with Gasteiger partial charge < -0.3 is 15.3 Å². The highest BCUT2D eigenvalue weighted by molar-refractivity contribution is 7.99. The molecule has 0 saturated carbocycles. The van der Waals surface area contributed by atoms with Gasteiger partial charge in [-0.3, -0.25) is 0 Å². The van der Waals surface area contributed by atoms with Crippen LogP contribution in [0.15, 0.2) is 22.8 Å². The SMILES string of the molecule is CCC(N)C(SCCCO)c1ccco1. The van der Waals surface area contributed by atoms with Gasteiger partial charge in [0.2, 0.25) is 0 Å². The average Bonchev–Trinajstić information content (AvgIpc) is 2.77. The molecule has 1 rings (SSSR count). The molecule has 1 aromatic heterocycles. The molecule has 15 heavy (non-hydrogen) atoms. The Kier molecular flexibility index (Phi) is 5.83. The second kappa shape index (κ2) is 6.93. The summed E-state index contributed by atoms with van der Waals surface area (Å²) in [6, 6.07) is 3.96. The molecule has 1 heterocycles. The van der Waals surface area contributed by atoms with E-state index in [-0.39, 0.29) is 17.9 Å². The van der Waals surface area contributed by atoms with Crippen molar-refractivity contribution in [2.75, 3.05) is 12.4 Å². The minimum atomic E-state index is 0.111. The van der Waals surface area contributed by atoms with Crippen LogP contribution in [0.1, 0.15) is 30.8 Å². The molecule has 0 radical (unpaired) electrons. The third-order valence-corrected chi connectivity index (χ3v) is 3.75. The fourth-order valence-corrected chi connectivity index (χ4v) is 2.65. The quantitative estimate of drug-likeness (QED) is 0.704. The van der Waals surface area contributed by atoms with Crippen LogP contribution in [0.5, 0.6) is 0 Å². The first-order valence-corrected chi connectivity index (χ1v) is 6.36. The van der Waals surface area contributed by atoms with E-state index in [0.29, 0.717) is 0 Å². The molecule has 4 heteroatoms. The minimum Gasteiger partial charge on any atom is -0.468 e. The number of aliphatic hydroxyl groups excluding tert-OH is 1. The van der Waals surface area contributed by atoms with Crippen molar-refractivity contribution < 1.29 is 9.52 Å². The summed E-state index contributed by atoms with van der Waals surface area (Å²) in [6.07, 6.45) is 3.41. The number of nitrogens with two attached hydrogens (primary N) is 1. The molecule has 0 aliphatic carbocycles. The van der Waals surface area contributed by atoms with Gasteiger partial charge in [0.05, 0.1) is 11.5 Å². The van der Waals surface area contributed by atoms with Gasteiger partial charge in [-0.1, -0.05) is 6.92 Å². The molecule has 2 unspecified atom stereocenters. The predicted octanol–water partition coefficient (Wildman–Crippen LogP) is 2.17. The van der Waals surface area contributed by atoms with Crippen LogP contribution >= 0.6 is 11.8 Å². The van der Waals surface area contributed by atoms with Crippen LogP contribution in [0.4, 0.5) is 0 Å². The van der Waals surface area contributed by atoms with Gasteiger partial charge in [-0.2, -0.15) is 0 Å². The van der Waals surface area contributed by atoms with Crippen LogP contribution in [0.25, 0.3) is 0 Å². The zero-order chi connectivity index (χ0) is 11.1. The maximum absolute atomic E-state index is 8.74. The van der Waals surface area contributed by atoms with E-state index in [1.165, 1.54) is 0 Å². The van der Waals surface area contributed by atoms with Crippen LogP contribution in [-0.4, -0.2) is 23.5 Å². The molecule has 0 spiro atoms. The Morgan fingerprint density at radius 2 is 2.40 bits per heavy atom.